The summed E-state index contributed by atoms with van der Waals surface area (Å²) < 4.78 is 2.86. The number of anilines is 1. The summed E-state index contributed by atoms with van der Waals surface area (Å²) in [5.41, 5.74) is 1.03. The molecule has 1 aliphatic heterocycles. The predicted octanol–water partition coefficient (Wildman–Crippen LogP) is -2.44. The molecule has 2 N–H and O–H groups in total. The number of para-hydroxylation sites is 1. The number of hydrogen-bond acceptors (Lipinski definition) is 2. The van der Waals surface area contributed by atoms with Crippen LogP contribution in [0.1, 0.15) is 0 Å². The van der Waals surface area contributed by atoms with Crippen LogP contribution in [0.3, 0.4) is 0 Å². The van der Waals surface area contributed by atoms with E-state index in [2.05, 4.69) is 8.85 Å². The van der Waals surface area contributed by atoms with E-state index in [1.807, 2.05) is 30.3 Å². The van der Waals surface area contributed by atoms with Crippen molar-refractivity contribution in [1.82, 2.24) is 3.53 Å². The average molecular weight is 275 g/mol. The number of carbonyl (C=O) groups excluding carboxylic acids is 1. The van der Waals surface area contributed by atoms with E-state index in [1.165, 1.54) is 0 Å². The molecule has 1 aromatic rings. The Kier molecular flexibility index (Phi) is 2.16. The molecule has 3 nitrogen and oxygen atoms in total. The van der Waals surface area contributed by atoms with Gasteiger partial charge in [-0.2, -0.15) is 0 Å². The number of benzene rings is 1. The Bertz CT molecular complexity index is 288. The molecule has 64 valence electrons. The van der Waals surface area contributed by atoms with Crippen molar-refractivity contribution in [1.29, 1.82) is 0 Å². The van der Waals surface area contributed by atoms with E-state index in [1.54, 1.807) is 0 Å². The van der Waals surface area contributed by atoms with Crippen molar-refractivity contribution in [3.05, 3.63) is 30.3 Å². The van der Waals surface area contributed by atoms with Crippen LogP contribution in [0, 0.1) is 0 Å². The van der Waals surface area contributed by atoms with E-state index < -0.39 is 0 Å². The van der Waals surface area contributed by atoms with Gasteiger partial charge in [0.05, 0.1) is 0 Å². The number of amides is 1. The van der Waals surface area contributed by atoms with Gasteiger partial charge in [0.2, 0.25) is 0 Å². The van der Waals surface area contributed by atoms with E-state index in [9.17, 15) is 4.79 Å². The first-order chi connectivity index (χ1) is 5.86. The van der Waals surface area contributed by atoms with Crippen LogP contribution in [0.2, 0.25) is 0 Å². The molecular weight excluding hydrogens is 267 g/mol. The maximum atomic E-state index is 10.9. The number of alkyl halides is 1. The van der Waals surface area contributed by atoms with Crippen LogP contribution >= 0.6 is 0 Å². The fourth-order valence-corrected chi connectivity index (χ4v) is 2.32. The molecule has 0 saturated carbocycles. The molecule has 2 rings (SSSR count). The third kappa shape index (κ3) is 1.52. The van der Waals surface area contributed by atoms with Gasteiger partial charge in [-0.3, -0.25) is 0 Å². The van der Waals surface area contributed by atoms with Gasteiger partial charge >= 0.3 is 81.1 Å². The van der Waals surface area contributed by atoms with Gasteiger partial charge in [-0.05, 0) is 0 Å². The molecule has 1 heterocycles. The third-order valence-corrected chi connectivity index (χ3v) is 3.90. The van der Waals surface area contributed by atoms with Crippen molar-refractivity contribution in [3.8, 4) is 0 Å². The molecule has 1 unspecified atom stereocenters. The van der Waals surface area contributed by atoms with E-state index in [4.69, 9.17) is 0 Å². The minimum atomic E-state index is -0.152. The fourth-order valence-electron chi connectivity index (χ4n) is 0.927. The average Bonchev–Trinajstić information content (AvgIpc) is 2.14. The first kappa shape index (κ1) is 7.85. The van der Waals surface area contributed by atoms with Crippen LogP contribution in [0.4, 0.5) is 5.69 Å². The van der Waals surface area contributed by atoms with Gasteiger partial charge in [0.1, 0.15) is 0 Å². The quantitative estimate of drug-likeness (QED) is 0.272. The molecule has 0 spiro atoms. The van der Waals surface area contributed by atoms with Crippen LogP contribution < -0.4 is 30.3 Å². The van der Waals surface area contributed by atoms with Crippen molar-refractivity contribution in [2.75, 3.05) is 5.32 Å². The standard InChI is InChI=1S/C8H8IN2O/c12-8-7(9-11-8)10-6-4-2-1-3-5-6/h1-5,7,10H,(H,11,12)/q-1. The van der Waals surface area contributed by atoms with Gasteiger partial charge in [-0.25, -0.2) is 0 Å². The van der Waals surface area contributed by atoms with Crippen LogP contribution in [0.15, 0.2) is 30.3 Å². The molecule has 12 heavy (non-hydrogen) atoms. The Labute approximate surface area is 81.2 Å². The van der Waals surface area contributed by atoms with Crippen molar-refractivity contribution in [3.63, 3.8) is 0 Å². The monoisotopic (exact) mass is 275 g/mol. The SMILES string of the molecule is O=C1N[I-]C1Nc1ccccc1. The summed E-state index contributed by atoms with van der Waals surface area (Å²) in [5, 5.41) is 3.16. The molecule has 0 aliphatic carbocycles. The number of nitrogens with one attached hydrogen (secondary N) is 2. The summed E-state index contributed by atoms with van der Waals surface area (Å²) in [5.74, 6) is 0.131. The van der Waals surface area contributed by atoms with Crippen LogP contribution in [-0.2, 0) is 4.79 Å². The Morgan fingerprint density at radius 1 is 1.33 bits per heavy atom. The molecule has 1 aliphatic rings. The van der Waals surface area contributed by atoms with E-state index in [0.29, 0.717) is 0 Å². The number of hydrogen-bond donors (Lipinski definition) is 2. The van der Waals surface area contributed by atoms with Gasteiger partial charge in [-0.15, -0.1) is 0 Å². The summed E-state index contributed by atoms with van der Waals surface area (Å²) >= 11 is -0.152. The summed E-state index contributed by atoms with van der Waals surface area (Å²) in [6, 6.07) is 9.81. The Hall–Kier alpha value is -0.780. The zero-order chi connectivity index (χ0) is 8.39. The molecule has 1 atom stereocenters. The molecule has 0 bridgehead atoms. The normalized spacial score (nSPS) is 21.7. The summed E-state index contributed by atoms with van der Waals surface area (Å²) in [6.45, 7) is 0. The van der Waals surface area contributed by atoms with Gasteiger partial charge < -0.3 is 0 Å². The third-order valence-electron chi connectivity index (χ3n) is 1.55. The Morgan fingerprint density at radius 3 is 2.58 bits per heavy atom. The molecule has 4 heteroatoms. The van der Waals surface area contributed by atoms with Crippen molar-refractivity contribution in [2.24, 2.45) is 0 Å². The zero-order valence-electron chi connectivity index (χ0n) is 6.25. The van der Waals surface area contributed by atoms with Crippen LogP contribution in [0.5, 0.6) is 0 Å². The number of halogens is 1. The minimum absolute atomic E-state index is 0.0752. The second kappa shape index (κ2) is 3.30. The molecule has 1 saturated heterocycles. The second-order valence-corrected chi connectivity index (χ2v) is 4.85. The molecular formula is C8H8IN2O-. The molecule has 1 amide bonds. The molecule has 1 fully saturated rings. The first-order valence-electron chi connectivity index (χ1n) is 3.60. The van der Waals surface area contributed by atoms with Crippen molar-refractivity contribution >= 4 is 11.6 Å². The van der Waals surface area contributed by atoms with E-state index in [0.717, 1.165) is 5.69 Å². The zero-order valence-corrected chi connectivity index (χ0v) is 8.41. The Balaban J connectivity index is 2.00. The van der Waals surface area contributed by atoms with Crippen LogP contribution in [0.25, 0.3) is 0 Å². The van der Waals surface area contributed by atoms with Crippen molar-refractivity contribution in [2.45, 2.75) is 4.05 Å². The van der Waals surface area contributed by atoms with Gasteiger partial charge in [0.15, 0.2) is 0 Å². The number of rotatable bonds is 2. The molecule has 1 aromatic carbocycles. The second-order valence-electron chi connectivity index (χ2n) is 2.44. The van der Waals surface area contributed by atoms with Crippen LogP contribution in [-0.4, -0.2) is 9.96 Å². The predicted molar refractivity (Wildman–Crippen MR) is 42.0 cm³/mol. The topological polar surface area (TPSA) is 41.1 Å². The number of carbonyl (C=O) groups is 1. The fraction of sp³-hybridized carbons (Fsp3) is 0.125. The van der Waals surface area contributed by atoms with Gasteiger partial charge in [0.25, 0.3) is 0 Å². The van der Waals surface area contributed by atoms with Gasteiger partial charge in [-0.1, -0.05) is 0 Å². The maximum absolute atomic E-state index is 10.9. The molecule has 0 radical (unpaired) electrons. The summed E-state index contributed by atoms with van der Waals surface area (Å²) in [4.78, 5) is 10.9. The molecule has 0 aromatic heterocycles. The first-order valence-corrected chi connectivity index (χ1v) is 5.92. The van der Waals surface area contributed by atoms with Gasteiger partial charge in [0, 0.05) is 0 Å². The van der Waals surface area contributed by atoms with E-state index in [-0.39, 0.29) is 31.4 Å². The Morgan fingerprint density at radius 2 is 2.08 bits per heavy atom. The summed E-state index contributed by atoms with van der Waals surface area (Å²) in [7, 11) is 0. The summed E-state index contributed by atoms with van der Waals surface area (Å²) in [6.07, 6.45) is 0. The van der Waals surface area contributed by atoms with E-state index >= 15 is 0 Å². The van der Waals surface area contributed by atoms with Crippen molar-refractivity contribution < 1.29 is 26.3 Å².